The van der Waals surface area contributed by atoms with Gasteiger partial charge >= 0.3 is 5.97 Å². The van der Waals surface area contributed by atoms with Crippen molar-refractivity contribution in [2.45, 2.75) is 26.2 Å². The van der Waals surface area contributed by atoms with Gasteiger partial charge in [-0.3, -0.25) is 4.79 Å². The number of carboxylic acid groups (broad SMARTS) is 1. The van der Waals surface area contributed by atoms with Gasteiger partial charge in [0.1, 0.15) is 30.3 Å². The van der Waals surface area contributed by atoms with E-state index in [4.69, 9.17) is 24.7 Å². The molecule has 3 aromatic carbocycles. The highest BCUT2D eigenvalue weighted by atomic mass is 16.5. The second-order valence-electron chi connectivity index (χ2n) is 7.58. The first-order chi connectivity index (χ1) is 15.6. The number of hydrogen-bond acceptors (Lipinski definition) is 5. The van der Waals surface area contributed by atoms with E-state index in [9.17, 15) is 4.79 Å². The van der Waals surface area contributed by atoms with Crippen molar-refractivity contribution in [3.63, 3.8) is 0 Å². The molecule has 32 heavy (non-hydrogen) atoms. The van der Waals surface area contributed by atoms with Gasteiger partial charge in [0.05, 0.1) is 6.42 Å². The van der Waals surface area contributed by atoms with Crippen molar-refractivity contribution in [3.8, 4) is 16.9 Å². The van der Waals surface area contributed by atoms with Crippen LogP contribution in [0, 0.1) is 0 Å². The zero-order valence-electron chi connectivity index (χ0n) is 17.8. The van der Waals surface area contributed by atoms with Crippen molar-refractivity contribution >= 4 is 16.9 Å². The molecule has 4 aromatic rings. The maximum absolute atomic E-state index is 11.2. The van der Waals surface area contributed by atoms with E-state index in [1.807, 2.05) is 48.5 Å². The predicted octanol–water partition coefficient (Wildman–Crippen LogP) is 4.91. The van der Waals surface area contributed by atoms with E-state index in [1.165, 1.54) is 0 Å². The Kier molecular flexibility index (Phi) is 6.54. The summed E-state index contributed by atoms with van der Waals surface area (Å²) in [6.07, 6.45) is -0.0888. The summed E-state index contributed by atoms with van der Waals surface area (Å²) in [5, 5.41) is 10.1. The molecule has 3 N–H and O–H groups in total. The average molecular weight is 431 g/mol. The van der Waals surface area contributed by atoms with Crippen LogP contribution in [0.4, 0.5) is 0 Å². The minimum Gasteiger partial charge on any atom is -0.489 e. The molecule has 0 saturated carbocycles. The number of ether oxygens (including phenoxy) is 2. The van der Waals surface area contributed by atoms with Crippen molar-refractivity contribution in [2.75, 3.05) is 7.11 Å². The van der Waals surface area contributed by atoms with Gasteiger partial charge < -0.3 is 24.7 Å². The van der Waals surface area contributed by atoms with Gasteiger partial charge in [-0.1, -0.05) is 36.4 Å². The van der Waals surface area contributed by atoms with Crippen LogP contribution in [-0.4, -0.2) is 18.2 Å². The van der Waals surface area contributed by atoms with Gasteiger partial charge in [0, 0.05) is 30.2 Å². The van der Waals surface area contributed by atoms with E-state index in [0.29, 0.717) is 31.1 Å². The number of benzene rings is 3. The minimum atomic E-state index is -0.895. The Morgan fingerprint density at radius 1 is 1.00 bits per heavy atom. The van der Waals surface area contributed by atoms with Crippen LogP contribution in [0.3, 0.4) is 0 Å². The summed E-state index contributed by atoms with van der Waals surface area (Å²) in [5.41, 5.74) is 11.2. The molecule has 0 saturated heterocycles. The Morgan fingerprint density at radius 3 is 2.62 bits per heavy atom. The van der Waals surface area contributed by atoms with Crippen LogP contribution in [0.1, 0.15) is 22.5 Å². The summed E-state index contributed by atoms with van der Waals surface area (Å²) in [6, 6.07) is 21.3. The topological polar surface area (TPSA) is 94.9 Å². The number of furan rings is 1. The molecular weight excluding hydrogens is 406 g/mol. The Balaban J connectivity index is 1.72. The number of carbonyl (C=O) groups is 1. The third-order valence-electron chi connectivity index (χ3n) is 5.20. The molecule has 0 unspecified atom stereocenters. The van der Waals surface area contributed by atoms with Crippen LogP contribution in [0.2, 0.25) is 0 Å². The third-order valence-corrected chi connectivity index (χ3v) is 5.20. The van der Waals surface area contributed by atoms with Crippen molar-refractivity contribution in [1.29, 1.82) is 0 Å². The largest absolute Gasteiger partial charge is 0.489 e. The number of fused-ring (bicyclic) bond motifs is 1. The van der Waals surface area contributed by atoms with E-state index in [0.717, 1.165) is 39.0 Å². The lowest BCUT2D eigenvalue weighted by molar-refractivity contribution is -0.136. The number of para-hydroxylation sites is 1. The molecule has 6 nitrogen and oxygen atoms in total. The lowest BCUT2D eigenvalue weighted by Gasteiger charge is -2.12. The lowest BCUT2D eigenvalue weighted by atomic mass is 9.99. The van der Waals surface area contributed by atoms with Gasteiger partial charge in [-0.05, 0) is 47.0 Å². The predicted molar refractivity (Wildman–Crippen MR) is 122 cm³/mol. The average Bonchev–Trinajstić information content (AvgIpc) is 3.20. The lowest BCUT2D eigenvalue weighted by Crippen LogP contribution is -2.04. The summed E-state index contributed by atoms with van der Waals surface area (Å²) < 4.78 is 17.3. The van der Waals surface area contributed by atoms with Crippen LogP contribution < -0.4 is 10.5 Å². The van der Waals surface area contributed by atoms with Crippen LogP contribution in [0.15, 0.2) is 71.1 Å². The van der Waals surface area contributed by atoms with Gasteiger partial charge in [-0.2, -0.15) is 0 Å². The van der Waals surface area contributed by atoms with E-state index in [1.54, 1.807) is 19.2 Å². The number of hydrogen-bond donors (Lipinski definition) is 2. The monoisotopic (exact) mass is 431 g/mol. The molecule has 0 atom stereocenters. The van der Waals surface area contributed by atoms with E-state index in [2.05, 4.69) is 6.07 Å². The number of aliphatic carboxylic acids is 1. The van der Waals surface area contributed by atoms with E-state index >= 15 is 0 Å². The fraction of sp³-hybridized carbons (Fsp3) is 0.192. The Labute approximate surface area is 186 Å². The first kappa shape index (κ1) is 21.6. The standard InChI is InChI=1S/C26H25NO5/c1-30-16-22-12-21-10-18(15-31-24-8-3-2-6-20(24)13-25(28)29)11-23(26(21)32-22)19-7-4-5-17(9-19)14-27/h2-12H,13-16,27H2,1H3,(H,28,29). The summed E-state index contributed by atoms with van der Waals surface area (Å²) in [6.45, 7) is 1.12. The Morgan fingerprint density at radius 2 is 1.84 bits per heavy atom. The summed E-state index contributed by atoms with van der Waals surface area (Å²) in [5.74, 6) is 0.408. The van der Waals surface area contributed by atoms with Gasteiger partial charge in [0.25, 0.3) is 0 Å². The van der Waals surface area contributed by atoms with E-state index < -0.39 is 5.97 Å². The van der Waals surface area contributed by atoms with Crippen LogP contribution >= 0.6 is 0 Å². The first-order valence-corrected chi connectivity index (χ1v) is 10.3. The number of nitrogens with two attached hydrogens (primary N) is 1. The SMILES string of the molecule is COCc1cc2cc(COc3ccccc3CC(=O)O)cc(-c3cccc(CN)c3)c2o1. The highest BCUT2D eigenvalue weighted by molar-refractivity contribution is 5.93. The summed E-state index contributed by atoms with van der Waals surface area (Å²) in [7, 11) is 1.63. The molecule has 1 aromatic heterocycles. The van der Waals surface area contributed by atoms with Crippen molar-refractivity contribution in [2.24, 2.45) is 5.73 Å². The summed E-state index contributed by atoms with van der Waals surface area (Å²) in [4.78, 5) is 11.2. The molecule has 0 spiro atoms. The molecule has 0 aliphatic carbocycles. The minimum absolute atomic E-state index is 0.0888. The van der Waals surface area contributed by atoms with Crippen LogP contribution in [0.25, 0.3) is 22.1 Å². The smallest absolute Gasteiger partial charge is 0.307 e. The highest BCUT2D eigenvalue weighted by Crippen LogP contribution is 2.34. The molecule has 164 valence electrons. The second kappa shape index (κ2) is 9.68. The molecule has 0 aliphatic heterocycles. The maximum atomic E-state index is 11.2. The Bertz CT molecular complexity index is 1240. The fourth-order valence-corrected chi connectivity index (χ4v) is 3.76. The van der Waals surface area contributed by atoms with Crippen molar-refractivity contribution in [3.05, 3.63) is 89.2 Å². The number of rotatable bonds is 9. The van der Waals surface area contributed by atoms with E-state index in [-0.39, 0.29) is 6.42 Å². The van der Waals surface area contributed by atoms with Gasteiger partial charge in [0.2, 0.25) is 0 Å². The van der Waals surface area contributed by atoms with Gasteiger partial charge in [0.15, 0.2) is 0 Å². The van der Waals surface area contributed by atoms with Crippen molar-refractivity contribution < 1.29 is 23.8 Å². The molecule has 0 fully saturated rings. The molecule has 0 bridgehead atoms. The normalized spacial score (nSPS) is 11.1. The molecule has 4 rings (SSSR count). The van der Waals surface area contributed by atoms with Crippen LogP contribution in [0.5, 0.6) is 5.75 Å². The number of methoxy groups -OCH3 is 1. The number of carboxylic acids is 1. The van der Waals surface area contributed by atoms with Crippen molar-refractivity contribution in [1.82, 2.24) is 0 Å². The fourth-order valence-electron chi connectivity index (χ4n) is 3.76. The Hall–Kier alpha value is -3.61. The maximum Gasteiger partial charge on any atom is 0.307 e. The highest BCUT2D eigenvalue weighted by Gasteiger charge is 2.14. The third kappa shape index (κ3) is 4.82. The van der Waals surface area contributed by atoms with Crippen LogP contribution in [-0.2, 0) is 35.7 Å². The molecule has 0 amide bonds. The zero-order chi connectivity index (χ0) is 22.5. The molecular formula is C26H25NO5. The van der Waals surface area contributed by atoms with Gasteiger partial charge in [-0.25, -0.2) is 0 Å². The van der Waals surface area contributed by atoms with Gasteiger partial charge in [-0.15, -0.1) is 0 Å². The molecule has 0 radical (unpaired) electrons. The quantitative estimate of drug-likeness (QED) is 0.391. The molecule has 6 heteroatoms. The molecule has 1 heterocycles. The zero-order valence-corrected chi connectivity index (χ0v) is 17.8. The molecule has 0 aliphatic rings. The first-order valence-electron chi connectivity index (χ1n) is 10.3. The summed E-state index contributed by atoms with van der Waals surface area (Å²) >= 11 is 0. The second-order valence-corrected chi connectivity index (χ2v) is 7.58.